The Morgan fingerprint density at radius 2 is 1.44 bits per heavy atom. The van der Waals surface area contributed by atoms with Crippen LogP contribution in [0.2, 0.25) is 19.6 Å². The summed E-state index contributed by atoms with van der Waals surface area (Å²) in [6, 6.07) is 0. The Hall–Kier alpha value is 1.36. The third kappa shape index (κ3) is 26.7. The van der Waals surface area contributed by atoms with Gasteiger partial charge < -0.3 is 0 Å². The van der Waals surface area contributed by atoms with Gasteiger partial charge in [0, 0.05) is 0 Å². The smallest absolute Gasteiger partial charge is 0.118 e. The fraction of sp³-hybridized carbons (Fsp3) is 0.600. The normalized spacial score (nSPS) is 8.00. The zero-order chi connectivity index (χ0) is 7.91. The molecule has 0 rings (SSSR count). The standard InChI is InChI=1S/C5H9Si.2BrH.Zn/c1-5-6(2,3)4;;;/h2-4H3;2*1H;/q;;;+2/p-2. The van der Waals surface area contributed by atoms with Gasteiger partial charge in [-0.1, -0.05) is 19.6 Å². The number of hydrogen-bond donors (Lipinski definition) is 0. The first-order valence-electron chi connectivity index (χ1n) is 2.53. The first-order chi connectivity index (χ1) is 3.97. The molecular formula is C5H9Br2SiZn. The zero-order valence-electron chi connectivity index (χ0n) is 5.96. The minimum atomic E-state index is -1.21. The fourth-order valence-electron chi connectivity index (χ4n) is 0. The molecule has 4 heteroatoms. The van der Waals surface area contributed by atoms with Crippen LogP contribution in [0.3, 0.4) is 0 Å². The molecule has 0 heterocycles. The van der Waals surface area contributed by atoms with E-state index in [-0.39, 0.29) is 13.2 Å². The molecule has 0 N–H and O–H groups in total. The van der Waals surface area contributed by atoms with Crippen molar-refractivity contribution in [2.45, 2.75) is 19.6 Å². The second kappa shape index (κ2) is 7.47. The van der Waals surface area contributed by atoms with E-state index in [1.54, 1.807) is 0 Å². The molecule has 0 amide bonds. The first kappa shape index (κ1) is 13.0. The van der Waals surface area contributed by atoms with Gasteiger partial charge in [0.05, 0.1) is 0 Å². The van der Waals surface area contributed by atoms with Gasteiger partial charge in [-0.05, 0) is 6.42 Å². The molecule has 0 aromatic heterocycles. The van der Waals surface area contributed by atoms with Gasteiger partial charge in [-0.2, -0.15) is 0 Å². The average molecular weight is 322 g/mol. The molecule has 9 heavy (non-hydrogen) atoms. The zero-order valence-corrected chi connectivity index (χ0v) is 13.1. The number of hydrogen-bond acceptors (Lipinski definition) is 0. The van der Waals surface area contributed by atoms with Crippen molar-refractivity contribution in [2.24, 2.45) is 0 Å². The summed E-state index contributed by atoms with van der Waals surface area (Å²) in [4.78, 5) is 0. The molecule has 0 aromatic carbocycles. The van der Waals surface area contributed by atoms with Crippen molar-refractivity contribution in [3.63, 3.8) is 0 Å². The topological polar surface area (TPSA) is 0 Å². The number of halogens is 2. The van der Waals surface area contributed by atoms with Crippen LogP contribution in [-0.2, 0) is 13.2 Å². The van der Waals surface area contributed by atoms with Crippen LogP contribution in [0, 0.1) is 12.0 Å². The van der Waals surface area contributed by atoms with Crippen molar-refractivity contribution < 1.29 is 13.2 Å². The van der Waals surface area contributed by atoms with Crippen LogP contribution in [0.25, 0.3) is 0 Å². The van der Waals surface area contributed by atoms with Crippen LogP contribution in [-0.4, -0.2) is 8.07 Å². The van der Waals surface area contributed by atoms with Gasteiger partial charge in [0.25, 0.3) is 0 Å². The molecule has 0 unspecified atom stereocenters. The average Bonchev–Trinajstić information content (AvgIpc) is 1.67. The summed E-state index contributed by atoms with van der Waals surface area (Å²) >= 11 is 6.25. The second-order valence-corrected chi connectivity index (χ2v) is 21.3. The summed E-state index contributed by atoms with van der Waals surface area (Å²) in [6.45, 7) is 6.25. The molecular weight excluding hydrogens is 313 g/mol. The molecule has 1 radical (unpaired) electrons. The molecule has 0 fully saturated rings. The van der Waals surface area contributed by atoms with E-state index in [1.807, 2.05) is 0 Å². The largest absolute Gasteiger partial charge is 0.130 e. The molecule has 0 saturated carbocycles. The summed E-state index contributed by atoms with van der Waals surface area (Å²) in [5.74, 6) is 0. The summed E-state index contributed by atoms with van der Waals surface area (Å²) in [6.07, 6.45) is 6.67. The first-order valence-corrected chi connectivity index (χ1v) is 19.9. The van der Waals surface area contributed by atoms with Crippen LogP contribution in [0.5, 0.6) is 0 Å². The van der Waals surface area contributed by atoms with E-state index >= 15 is 0 Å². The predicted molar refractivity (Wildman–Crippen MR) is 48.3 cm³/mol. The van der Waals surface area contributed by atoms with Crippen LogP contribution in [0.4, 0.5) is 0 Å². The van der Waals surface area contributed by atoms with Crippen LogP contribution in [0.15, 0.2) is 0 Å². The predicted octanol–water partition coefficient (Wildman–Crippen LogP) is 3.14. The maximum absolute atomic E-state index is 6.67. The Labute approximate surface area is 79.5 Å². The maximum atomic E-state index is 6.67. The SMILES string of the molecule is [Br][Zn][Br].[C]#C[Si](C)(C)C. The third-order valence-electron chi connectivity index (χ3n) is 0.375. The van der Waals surface area contributed by atoms with E-state index in [0.29, 0.717) is 0 Å². The molecule has 49 valence electrons. The van der Waals surface area contributed by atoms with E-state index in [1.165, 1.54) is 0 Å². The Morgan fingerprint density at radius 3 is 1.44 bits per heavy atom. The Bertz CT molecular complexity index is 92.1. The van der Waals surface area contributed by atoms with Gasteiger partial charge in [0.1, 0.15) is 8.07 Å². The minimum Gasteiger partial charge on any atom is -0.118 e. The van der Waals surface area contributed by atoms with Crippen LogP contribution < -0.4 is 0 Å². The minimum absolute atomic E-state index is 0.250. The molecule has 0 atom stereocenters. The van der Waals surface area contributed by atoms with Gasteiger partial charge in [-0.15, -0.1) is 5.54 Å². The van der Waals surface area contributed by atoms with Crippen LogP contribution in [0.1, 0.15) is 0 Å². The van der Waals surface area contributed by atoms with Gasteiger partial charge in [-0.25, -0.2) is 0 Å². The summed E-state index contributed by atoms with van der Waals surface area (Å²) in [5.41, 5.74) is 2.49. The molecule has 0 aliphatic heterocycles. The van der Waals surface area contributed by atoms with Crippen molar-refractivity contribution in [1.82, 2.24) is 0 Å². The Morgan fingerprint density at radius 1 is 1.33 bits per heavy atom. The van der Waals surface area contributed by atoms with E-state index in [4.69, 9.17) is 6.42 Å². The number of rotatable bonds is 0. The van der Waals surface area contributed by atoms with Crippen molar-refractivity contribution in [3.05, 3.63) is 6.42 Å². The molecule has 0 aliphatic rings. The molecule has 0 saturated heterocycles. The second-order valence-electron chi connectivity index (χ2n) is 2.48. The van der Waals surface area contributed by atoms with E-state index in [2.05, 4.69) is 52.4 Å². The van der Waals surface area contributed by atoms with Crippen molar-refractivity contribution in [3.8, 4) is 5.54 Å². The van der Waals surface area contributed by atoms with E-state index in [9.17, 15) is 0 Å². The Balaban J connectivity index is 0. The monoisotopic (exact) mass is 319 g/mol. The van der Waals surface area contributed by atoms with Crippen LogP contribution >= 0.6 is 27.2 Å². The van der Waals surface area contributed by atoms with E-state index in [0.717, 1.165) is 0 Å². The Kier molecular flexibility index (Phi) is 10.8. The fourth-order valence-corrected chi connectivity index (χ4v) is 0. The summed E-state index contributed by atoms with van der Waals surface area (Å²) < 4.78 is 0. The van der Waals surface area contributed by atoms with Gasteiger partial charge in [0.15, 0.2) is 0 Å². The van der Waals surface area contributed by atoms with Crippen molar-refractivity contribution in [1.29, 1.82) is 0 Å². The third-order valence-corrected chi connectivity index (χ3v) is 1.12. The molecule has 0 bridgehead atoms. The van der Waals surface area contributed by atoms with Crippen molar-refractivity contribution >= 4 is 35.3 Å². The van der Waals surface area contributed by atoms with Crippen molar-refractivity contribution in [2.75, 3.05) is 0 Å². The van der Waals surface area contributed by atoms with Gasteiger partial charge in [-0.3, -0.25) is 0 Å². The molecule has 0 aliphatic carbocycles. The van der Waals surface area contributed by atoms with Gasteiger partial charge >= 0.3 is 40.5 Å². The summed E-state index contributed by atoms with van der Waals surface area (Å²) in [5, 5.41) is 0. The quantitative estimate of drug-likeness (QED) is 0.475. The molecule has 0 spiro atoms. The van der Waals surface area contributed by atoms with E-state index < -0.39 is 8.07 Å². The molecule has 0 aromatic rings. The molecule has 0 nitrogen and oxygen atoms in total. The maximum Gasteiger partial charge on any atom is 0.130 e. The van der Waals surface area contributed by atoms with Gasteiger partial charge in [0.2, 0.25) is 0 Å². The summed E-state index contributed by atoms with van der Waals surface area (Å²) in [7, 11) is -1.21.